The molecule has 0 saturated heterocycles. The van der Waals surface area contributed by atoms with Crippen molar-refractivity contribution in [2.75, 3.05) is 39.1 Å². The molecule has 0 radical (unpaired) electrons. The highest BCUT2D eigenvalue weighted by Gasteiger charge is 2.21. The molecular formula is C20H20N2O8. The van der Waals surface area contributed by atoms with Crippen molar-refractivity contribution < 1.29 is 38.1 Å². The SMILES string of the molecule is COC(=O)c1ccc(C(=O)OC)c(NC(=O)C(=O)Nc2ccc(OC)cc2OC)c1. The van der Waals surface area contributed by atoms with E-state index in [-0.39, 0.29) is 28.3 Å². The van der Waals surface area contributed by atoms with Crippen LogP contribution in [0.3, 0.4) is 0 Å². The summed E-state index contributed by atoms with van der Waals surface area (Å²) < 4.78 is 19.5. The molecule has 0 spiro atoms. The van der Waals surface area contributed by atoms with Crippen molar-refractivity contribution in [3.63, 3.8) is 0 Å². The standard InChI is InChI=1S/C20H20N2O8/c1-27-12-6-8-14(16(10-12)28-2)21-17(23)18(24)22-15-9-11(19(25)29-3)5-7-13(15)20(26)30-4/h5-10H,1-4H3,(H,21,23)(H,22,24). The van der Waals surface area contributed by atoms with E-state index in [0.29, 0.717) is 5.75 Å². The van der Waals surface area contributed by atoms with Gasteiger partial charge in [0.2, 0.25) is 0 Å². The summed E-state index contributed by atoms with van der Waals surface area (Å²) >= 11 is 0. The number of carbonyl (C=O) groups excluding carboxylic acids is 4. The predicted octanol–water partition coefficient (Wildman–Crippen LogP) is 1.85. The number of hydrogen-bond acceptors (Lipinski definition) is 8. The Balaban J connectivity index is 2.27. The molecule has 2 rings (SSSR count). The van der Waals surface area contributed by atoms with Crippen LogP contribution in [0.2, 0.25) is 0 Å². The lowest BCUT2D eigenvalue weighted by molar-refractivity contribution is -0.133. The summed E-state index contributed by atoms with van der Waals surface area (Å²) in [7, 11) is 5.21. The Morgan fingerprint density at radius 3 is 1.90 bits per heavy atom. The number of ether oxygens (including phenoxy) is 4. The van der Waals surface area contributed by atoms with Crippen molar-refractivity contribution in [1.29, 1.82) is 0 Å². The fourth-order valence-corrected chi connectivity index (χ4v) is 2.44. The summed E-state index contributed by atoms with van der Waals surface area (Å²) in [6.45, 7) is 0. The van der Waals surface area contributed by atoms with E-state index in [9.17, 15) is 19.2 Å². The van der Waals surface area contributed by atoms with Gasteiger partial charge in [-0.3, -0.25) is 9.59 Å². The van der Waals surface area contributed by atoms with Gasteiger partial charge in [-0.05, 0) is 30.3 Å². The quantitative estimate of drug-likeness (QED) is 0.539. The number of methoxy groups -OCH3 is 4. The second-order valence-electron chi connectivity index (χ2n) is 5.72. The van der Waals surface area contributed by atoms with Gasteiger partial charge in [-0.25, -0.2) is 9.59 Å². The van der Waals surface area contributed by atoms with Crippen molar-refractivity contribution in [3.8, 4) is 11.5 Å². The molecule has 10 nitrogen and oxygen atoms in total. The number of anilines is 2. The molecule has 30 heavy (non-hydrogen) atoms. The Labute approximate surface area is 172 Å². The lowest BCUT2D eigenvalue weighted by Crippen LogP contribution is -2.30. The van der Waals surface area contributed by atoms with Gasteiger partial charge in [0.1, 0.15) is 11.5 Å². The molecule has 2 aromatic rings. The lowest BCUT2D eigenvalue weighted by Gasteiger charge is -2.13. The highest BCUT2D eigenvalue weighted by atomic mass is 16.5. The lowest BCUT2D eigenvalue weighted by atomic mass is 10.1. The Kier molecular flexibility index (Phi) is 7.34. The molecule has 0 fully saturated rings. The number of esters is 2. The second-order valence-corrected chi connectivity index (χ2v) is 5.72. The summed E-state index contributed by atoms with van der Waals surface area (Å²) in [6.07, 6.45) is 0. The van der Waals surface area contributed by atoms with Crippen molar-refractivity contribution in [1.82, 2.24) is 0 Å². The van der Waals surface area contributed by atoms with Gasteiger partial charge in [0.15, 0.2) is 0 Å². The number of hydrogen-bond donors (Lipinski definition) is 2. The van der Waals surface area contributed by atoms with E-state index in [1.54, 1.807) is 6.07 Å². The Morgan fingerprint density at radius 1 is 0.700 bits per heavy atom. The van der Waals surface area contributed by atoms with Crippen LogP contribution in [-0.4, -0.2) is 52.2 Å². The van der Waals surface area contributed by atoms with Gasteiger partial charge in [0.05, 0.1) is 50.9 Å². The van der Waals surface area contributed by atoms with E-state index in [4.69, 9.17) is 9.47 Å². The average molecular weight is 416 g/mol. The minimum Gasteiger partial charge on any atom is -0.497 e. The number of benzene rings is 2. The number of nitrogens with one attached hydrogen (secondary N) is 2. The minimum atomic E-state index is -1.08. The largest absolute Gasteiger partial charge is 0.497 e. The molecule has 0 aromatic heterocycles. The molecule has 2 N–H and O–H groups in total. The third-order valence-corrected chi connectivity index (χ3v) is 3.96. The molecule has 0 heterocycles. The average Bonchev–Trinajstić information content (AvgIpc) is 2.77. The van der Waals surface area contributed by atoms with Crippen LogP contribution in [0.1, 0.15) is 20.7 Å². The van der Waals surface area contributed by atoms with E-state index in [2.05, 4.69) is 20.1 Å². The van der Waals surface area contributed by atoms with Crippen molar-refractivity contribution in [3.05, 3.63) is 47.5 Å². The highest BCUT2D eigenvalue weighted by Crippen LogP contribution is 2.29. The number of rotatable bonds is 6. The zero-order chi connectivity index (χ0) is 22.3. The van der Waals surface area contributed by atoms with Crippen LogP contribution in [0.5, 0.6) is 11.5 Å². The topological polar surface area (TPSA) is 129 Å². The zero-order valence-electron chi connectivity index (χ0n) is 16.7. The van der Waals surface area contributed by atoms with Crippen LogP contribution in [0.4, 0.5) is 11.4 Å². The second kappa shape index (κ2) is 9.92. The van der Waals surface area contributed by atoms with Gasteiger partial charge < -0.3 is 29.6 Å². The monoisotopic (exact) mass is 416 g/mol. The summed E-state index contributed by atoms with van der Waals surface area (Å²) in [5, 5.41) is 4.70. The fraction of sp³-hybridized carbons (Fsp3) is 0.200. The van der Waals surface area contributed by atoms with Crippen molar-refractivity contribution in [2.45, 2.75) is 0 Å². The smallest absolute Gasteiger partial charge is 0.339 e. The van der Waals surface area contributed by atoms with Gasteiger partial charge in [-0.2, -0.15) is 0 Å². The molecule has 0 bridgehead atoms. The number of carbonyl (C=O) groups is 4. The zero-order valence-corrected chi connectivity index (χ0v) is 16.7. The Hall–Kier alpha value is -4.08. The first-order valence-corrected chi connectivity index (χ1v) is 8.49. The molecule has 2 aromatic carbocycles. The van der Waals surface area contributed by atoms with E-state index in [0.717, 1.165) is 7.11 Å². The Bertz CT molecular complexity index is 987. The molecule has 0 unspecified atom stereocenters. The molecule has 0 aliphatic heterocycles. The summed E-state index contributed by atoms with van der Waals surface area (Å²) in [5.74, 6) is -2.79. The normalized spacial score (nSPS) is 9.87. The van der Waals surface area contributed by atoms with Gasteiger partial charge in [-0.1, -0.05) is 0 Å². The van der Waals surface area contributed by atoms with Gasteiger partial charge in [-0.15, -0.1) is 0 Å². The highest BCUT2D eigenvalue weighted by molar-refractivity contribution is 6.44. The van der Waals surface area contributed by atoms with E-state index in [1.807, 2.05) is 0 Å². The summed E-state index contributed by atoms with van der Waals surface area (Å²) in [6, 6.07) is 8.42. The molecule has 0 atom stereocenters. The van der Waals surface area contributed by atoms with Crippen molar-refractivity contribution in [2.24, 2.45) is 0 Å². The fourth-order valence-electron chi connectivity index (χ4n) is 2.44. The molecule has 0 saturated carbocycles. The first-order valence-electron chi connectivity index (χ1n) is 8.49. The van der Waals surface area contributed by atoms with E-state index in [1.165, 1.54) is 51.7 Å². The van der Waals surface area contributed by atoms with Gasteiger partial charge in [0.25, 0.3) is 0 Å². The molecule has 0 aliphatic carbocycles. The van der Waals surface area contributed by atoms with Crippen molar-refractivity contribution >= 4 is 35.1 Å². The first-order chi connectivity index (χ1) is 14.3. The maximum atomic E-state index is 12.4. The van der Waals surface area contributed by atoms with Gasteiger partial charge in [0, 0.05) is 6.07 Å². The van der Waals surface area contributed by atoms with Gasteiger partial charge >= 0.3 is 23.8 Å². The van der Waals surface area contributed by atoms with E-state index < -0.39 is 23.8 Å². The number of amides is 2. The molecular weight excluding hydrogens is 396 g/mol. The summed E-state index contributed by atoms with van der Waals surface area (Å²) in [4.78, 5) is 48.4. The molecule has 0 aliphatic rings. The predicted molar refractivity (Wildman–Crippen MR) is 106 cm³/mol. The third kappa shape index (κ3) is 5.04. The molecule has 10 heteroatoms. The van der Waals surface area contributed by atoms with Crippen LogP contribution in [0.15, 0.2) is 36.4 Å². The third-order valence-electron chi connectivity index (χ3n) is 3.96. The molecule has 2 amide bonds. The van der Waals surface area contributed by atoms with Crippen LogP contribution in [-0.2, 0) is 19.1 Å². The van der Waals surface area contributed by atoms with E-state index >= 15 is 0 Å². The van der Waals surface area contributed by atoms with Crippen LogP contribution < -0.4 is 20.1 Å². The Morgan fingerprint density at radius 2 is 1.33 bits per heavy atom. The minimum absolute atomic E-state index is 0.0478. The van der Waals surface area contributed by atoms with Crippen LogP contribution in [0.25, 0.3) is 0 Å². The maximum absolute atomic E-state index is 12.4. The van der Waals surface area contributed by atoms with Crippen LogP contribution >= 0.6 is 0 Å². The maximum Gasteiger partial charge on any atom is 0.339 e. The molecule has 158 valence electrons. The first kappa shape index (κ1) is 22.2. The summed E-state index contributed by atoms with van der Waals surface area (Å²) in [5.41, 5.74) is 0.160. The van der Waals surface area contributed by atoms with Crippen LogP contribution in [0, 0.1) is 0 Å².